The number of carbonyl (C=O) groups excluding carboxylic acids is 4. The van der Waals surface area contributed by atoms with E-state index >= 15 is 0 Å². The fraction of sp³-hybridized carbons (Fsp3) is 0.515. The number of hydrogen-bond donors (Lipinski definition) is 2. The predicted octanol–water partition coefficient (Wildman–Crippen LogP) is 4.47. The number of carbonyl (C=O) groups is 4. The van der Waals surface area contributed by atoms with Crippen molar-refractivity contribution in [1.82, 2.24) is 10.6 Å². The molecule has 1 heterocycles. The largest absolute Gasteiger partial charge is 0.344 e. The molecule has 220 valence electrons. The summed E-state index contributed by atoms with van der Waals surface area (Å²) in [6.45, 7) is 8.85. The fourth-order valence-electron chi connectivity index (χ4n) is 5.84. The molecular weight excluding hydrogens is 516 g/mol. The summed E-state index contributed by atoms with van der Waals surface area (Å²) in [6, 6.07) is 14.5. The first kappa shape index (κ1) is 30.3. The van der Waals surface area contributed by atoms with Crippen LogP contribution in [0.15, 0.2) is 54.6 Å². The summed E-state index contributed by atoms with van der Waals surface area (Å²) in [7, 11) is 0. The van der Waals surface area contributed by atoms with Gasteiger partial charge in [-0.25, -0.2) is 0 Å². The smallest absolute Gasteiger partial charge is 0.259 e. The van der Waals surface area contributed by atoms with Gasteiger partial charge in [0.15, 0.2) is 6.04 Å². The van der Waals surface area contributed by atoms with E-state index < -0.39 is 29.8 Å². The van der Waals surface area contributed by atoms with Crippen LogP contribution in [0.3, 0.4) is 0 Å². The van der Waals surface area contributed by atoms with Crippen molar-refractivity contribution in [3.63, 3.8) is 0 Å². The van der Waals surface area contributed by atoms with E-state index in [0.717, 1.165) is 31.2 Å². The molecule has 4 amide bonds. The maximum Gasteiger partial charge on any atom is 0.259 e. The van der Waals surface area contributed by atoms with Crippen LogP contribution in [0.2, 0.25) is 0 Å². The highest BCUT2D eigenvalue weighted by molar-refractivity contribution is 6.21. The molecule has 0 radical (unpaired) electrons. The van der Waals surface area contributed by atoms with Gasteiger partial charge in [0, 0.05) is 25.9 Å². The second-order valence-corrected chi connectivity index (χ2v) is 12.3. The standard InChI is InChI=1S/C33H44N4O4/c1-22(2)20-36-27-16-10-11-17-28(27)37(21-23(3)4)33(41)30(32(36)40)35-31(39)26(18-24-12-6-5-7-13-24)34-29(38)19-25-14-8-9-15-25/h5-7,10-13,16-17,22-23,25-26,30H,8-9,14-15,18-21H2,1-4H3,(H,34,38)(H,35,39)/t26-/m0/s1. The van der Waals surface area contributed by atoms with Crippen molar-refractivity contribution in [1.29, 1.82) is 0 Å². The van der Waals surface area contributed by atoms with Gasteiger partial charge in [0.25, 0.3) is 11.8 Å². The molecule has 2 aromatic carbocycles. The normalized spacial score (nSPS) is 17.1. The monoisotopic (exact) mass is 560 g/mol. The van der Waals surface area contributed by atoms with E-state index in [4.69, 9.17) is 0 Å². The Kier molecular flexibility index (Phi) is 10.2. The average Bonchev–Trinajstić information content (AvgIpc) is 3.43. The van der Waals surface area contributed by atoms with Crippen molar-refractivity contribution in [2.75, 3.05) is 22.9 Å². The Bertz CT molecular complexity index is 1170. The molecule has 0 spiro atoms. The number of amides is 4. The summed E-state index contributed by atoms with van der Waals surface area (Å²) in [4.78, 5) is 58.2. The molecule has 1 aliphatic carbocycles. The van der Waals surface area contributed by atoms with E-state index in [9.17, 15) is 19.2 Å². The highest BCUT2D eigenvalue weighted by Crippen LogP contribution is 2.34. The second-order valence-electron chi connectivity index (χ2n) is 12.3. The molecule has 2 aliphatic rings. The van der Waals surface area contributed by atoms with Gasteiger partial charge in [0.1, 0.15) is 6.04 Å². The molecule has 0 saturated heterocycles. The molecule has 2 N–H and O–H groups in total. The minimum absolute atomic E-state index is 0.135. The van der Waals surface area contributed by atoms with Crippen LogP contribution in [0.1, 0.15) is 65.4 Å². The average molecular weight is 561 g/mol. The third kappa shape index (κ3) is 7.75. The highest BCUT2D eigenvalue weighted by Gasteiger charge is 2.42. The van der Waals surface area contributed by atoms with Crippen LogP contribution >= 0.6 is 0 Å². The number of rotatable bonds is 11. The van der Waals surface area contributed by atoms with Gasteiger partial charge < -0.3 is 20.4 Å². The lowest BCUT2D eigenvalue weighted by Crippen LogP contribution is -2.60. The van der Waals surface area contributed by atoms with Crippen molar-refractivity contribution in [2.45, 2.75) is 78.3 Å². The Morgan fingerprint density at radius 1 is 0.805 bits per heavy atom. The molecule has 1 aliphatic heterocycles. The number of fused-ring (bicyclic) bond motifs is 1. The van der Waals surface area contributed by atoms with Gasteiger partial charge in [-0.1, -0.05) is 83.0 Å². The van der Waals surface area contributed by atoms with Crippen LogP contribution in [-0.4, -0.2) is 48.8 Å². The van der Waals surface area contributed by atoms with Crippen molar-refractivity contribution in [3.8, 4) is 0 Å². The van der Waals surface area contributed by atoms with Crippen LogP contribution in [0.25, 0.3) is 0 Å². The number of anilines is 2. The van der Waals surface area contributed by atoms with E-state index in [1.54, 1.807) is 9.80 Å². The van der Waals surface area contributed by atoms with E-state index in [1.165, 1.54) is 0 Å². The van der Waals surface area contributed by atoms with Gasteiger partial charge in [-0.15, -0.1) is 0 Å². The molecule has 8 nitrogen and oxygen atoms in total. The number of benzene rings is 2. The molecule has 0 bridgehead atoms. The Labute approximate surface area is 243 Å². The minimum atomic E-state index is -1.41. The quantitative estimate of drug-likeness (QED) is 0.396. The van der Waals surface area contributed by atoms with Crippen molar-refractivity contribution >= 4 is 35.0 Å². The Hall–Kier alpha value is -3.68. The van der Waals surface area contributed by atoms with E-state index in [-0.39, 0.29) is 24.2 Å². The van der Waals surface area contributed by atoms with Crippen molar-refractivity contribution < 1.29 is 19.2 Å². The highest BCUT2D eigenvalue weighted by atomic mass is 16.2. The Morgan fingerprint density at radius 2 is 1.32 bits per heavy atom. The summed E-state index contributed by atoms with van der Waals surface area (Å²) in [6.07, 6.45) is 4.92. The molecule has 1 atom stereocenters. The number of nitrogens with one attached hydrogen (secondary N) is 2. The molecule has 1 saturated carbocycles. The van der Waals surface area contributed by atoms with Crippen molar-refractivity contribution in [2.24, 2.45) is 17.8 Å². The molecule has 41 heavy (non-hydrogen) atoms. The molecule has 4 rings (SSSR count). The zero-order chi connectivity index (χ0) is 29.5. The van der Waals surface area contributed by atoms with Gasteiger partial charge in [0.05, 0.1) is 11.4 Å². The zero-order valence-electron chi connectivity index (χ0n) is 24.8. The van der Waals surface area contributed by atoms with Gasteiger partial charge >= 0.3 is 0 Å². The number of hydrogen-bond acceptors (Lipinski definition) is 4. The maximum absolute atomic E-state index is 14.0. The Morgan fingerprint density at radius 3 is 1.83 bits per heavy atom. The Balaban J connectivity index is 1.63. The van der Waals surface area contributed by atoms with Crippen molar-refractivity contribution in [3.05, 3.63) is 60.2 Å². The topological polar surface area (TPSA) is 98.8 Å². The first-order valence-electron chi connectivity index (χ1n) is 15.0. The summed E-state index contributed by atoms with van der Waals surface area (Å²) in [5.41, 5.74) is 2.19. The van der Waals surface area contributed by atoms with Crippen LogP contribution in [0, 0.1) is 17.8 Å². The van der Waals surface area contributed by atoms with E-state index in [2.05, 4.69) is 10.6 Å². The summed E-state index contributed by atoms with van der Waals surface area (Å²) in [5, 5.41) is 5.71. The van der Waals surface area contributed by atoms with E-state index in [0.29, 0.717) is 36.8 Å². The molecular formula is C33H44N4O4. The molecule has 8 heteroatoms. The lowest BCUT2D eigenvalue weighted by molar-refractivity contribution is -0.135. The predicted molar refractivity (Wildman–Crippen MR) is 161 cm³/mol. The fourth-order valence-corrected chi connectivity index (χ4v) is 5.84. The van der Waals surface area contributed by atoms with Gasteiger partial charge in [0.2, 0.25) is 11.8 Å². The summed E-state index contributed by atoms with van der Waals surface area (Å²) < 4.78 is 0. The zero-order valence-corrected chi connectivity index (χ0v) is 24.8. The third-order valence-electron chi connectivity index (χ3n) is 7.75. The molecule has 0 unspecified atom stereocenters. The summed E-state index contributed by atoms with van der Waals surface area (Å²) >= 11 is 0. The lowest BCUT2D eigenvalue weighted by Gasteiger charge is -2.27. The number of nitrogens with zero attached hydrogens (tertiary/aromatic N) is 2. The van der Waals surface area contributed by atoms with Crippen LogP contribution in [0.5, 0.6) is 0 Å². The van der Waals surface area contributed by atoms with Gasteiger partial charge in [-0.3, -0.25) is 19.2 Å². The van der Waals surface area contributed by atoms with Crippen LogP contribution in [-0.2, 0) is 25.6 Å². The van der Waals surface area contributed by atoms with Gasteiger partial charge in [-0.2, -0.15) is 0 Å². The maximum atomic E-state index is 14.0. The molecule has 1 fully saturated rings. The minimum Gasteiger partial charge on any atom is -0.344 e. The third-order valence-corrected chi connectivity index (χ3v) is 7.75. The number of para-hydroxylation sites is 2. The molecule has 2 aromatic rings. The van der Waals surface area contributed by atoms with Crippen LogP contribution in [0.4, 0.5) is 11.4 Å². The summed E-state index contributed by atoms with van der Waals surface area (Å²) in [5.74, 6) is -1.06. The lowest BCUT2D eigenvalue weighted by atomic mass is 10.0. The SMILES string of the molecule is CC(C)CN1C(=O)C(NC(=O)[C@H](Cc2ccccc2)NC(=O)CC2CCCC2)C(=O)N(CC(C)C)c2ccccc21. The first-order chi connectivity index (χ1) is 19.6. The van der Waals surface area contributed by atoms with Gasteiger partial charge in [-0.05, 0) is 48.3 Å². The van der Waals surface area contributed by atoms with E-state index in [1.807, 2.05) is 82.3 Å². The first-order valence-corrected chi connectivity index (χ1v) is 15.0. The molecule has 0 aromatic heterocycles. The second kappa shape index (κ2) is 13.8. The van der Waals surface area contributed by atoms with Crippen LogP contribution < -0.4 is 20.4 Å².